The number of amides is 2. The van der Waals surface area contributed by atoms with E-state index in [1.165, 1.54) is 22.2 Å². The lowest BCUT2D eigenvalue weighted by atomic mass is 10.1. The number of nitrogens with one attached hydrogen (secondary N) is 1. The van der Waals surface area contributed by atoms with Gasteiger partial charge in [-0.05, 0) is 35.8 Å². The van der Waals surface area contributed by atoms with E-state index < -0.39 is 0 Å². The van der Waals surface area contributed by atoms with E-state index in [2.05, 4.69) is 5.32 Å². The van der Waals surface area contributed by atoms with Crippen molar-refractivity contribution in [2.75, 3.05) is 13.1 Å². The number of carbonyl (C=O) groups is 2. The van der Waals surface area contributed by atoms with Gasteiger partial charge in [-0.2, -0.15) is 0 Å². The van der Waals surface area contributed by atoms with Gasteiger partial charge in [0.1, 0.15) is 4.32 Å². The van der Waals surface area contributed by atoms with E-state index in [0.29, 0.717) is 20.8 Å². The van der Waals surface area contributed by atoms with Crippen molar-refractivity contribution in [1.29, 1.82) is 0 Å². The van der Waals surface area contributed by atoms with Crippen LogP contribution in [0, 0.1) is 0 Å². The van der Waals surface area contributed by atoms with Crippen LogP contribution in [0.2, 0.25) is 5.02 Å². The van der Waals surface area contributed by atoms with Crippen LogP contribution < -0.4 is 5.32 Å². The third-order valence-corrected chi connectivity index (χ3v) is 5.81. The fourth-order valence-electron chi connectivity index (χ4n) is 2.70. The lowest BCUT2D eigenvalue weighted by molar-refractivity contribution is -0.123. The van der Waals surface area contributed by atoms with Crippen molar-refractivity contribution in [3.63, 3.8) is 0 Å². The molecule has 4 nitrogen and oxygen atoms in total. The van der Waals surface area contributed by atoms with Gasteiger partial charge in [0.2, 0.25) is 5.91 Å². The Labute approximate surface area is 178 Å². The summed E-state index contributed by atoms with van der Waals surface area (Å²) in [5.41, 5.74) is 2.05. The average molecular weight is 431 g/mol. The van der Waals surface area contributed by atoms with E-state index in [1.807, 2.05) is 42.5 Å². The topological polar surface area (TPSA) is 49.4 Å². The molecule has 0 radical (unpaired) electrons. The molecule has 1 aliphatic rings. The third kappa shape index (κ3) is 5.67. The second-order valence-electron chi connectivity index (χ2n) is 6.22. The molecule has 0 unspecified atom stereocenters. The van der Waals surface area contributed by atoms with Crippen molar-refractivity contribution in [2.45, 2.75) is 12.8 Å². The van der Waals surface area contributed by atoms with Crippen molar-refractivity contribution in [2.24, 2.45) is 0 Å². The molecule has 144 valence electrons. The van der Waals surface area contributed by atoms with Gasteiger partial charge < -0.3 is 5.32 Å². The molecular weight excluding hydrogens is 412 g/mol. The van der Waals surface area contributed by atoms with E-state index in [1.54, 1.807) is 18.2 Å². The minimum atomic E-state index is -0.165. The molecule has 0 atom stereocenters. The molecule has 0 spiro atoms. The number of thioether (sulfide) groups is 1. The maximum Gasteiger partial charge on any atom is 0.266 e. The molecule has 1 heterocycles. The number of thiocarbonyl (C=S) groups is 1. The molecule has 2 aromatic rings. The Morgan fingerprint density at radius 2 is 1.86 bits per heavy atom. The molecule has 1 N–H and O–H groups in total. The minimum absolute atomic E-state index is 0.0911. The van der Waals surface area contributed by atoms with Crippen LogP contribution in [0.1, 0.15) is 17.5 Å². The summed E-state index contributed by atoms with van der Waals surface area (Å²) < 4.78 is 0.474. The van der Waals surface area contributed by atoms with Gasteiger partial charge in [-0.15, -0.1) is 0 Å². The molecule has 0 saturated carbocycles. The molecule has 0 aromatic heterocycles. The quantitative estimate of drug-likeness (QED) is 0.525. The van der Waals surface area contributed by atoms with Crippen LogP contribution in [-0.4, -0.2) is 34.1 Å². The smallest absolute Gasteiger partial charge is 0.266 e. The minimum Gasteiger partial charge on any atom is -0.356 e. The van der Waals surface area contributed by atoms with Crippen molar-refractivity contribution in [3.8, 4) is 0 Å². The molecule has 1 saturated heterocycles. The summed E-state index contributed by atoms with van der Waals surface area (Å²) in [6, 6.07) is 17.2. The normalized spacial score (nSPS) is 15.3. The van der Waals surface area contributed by atoms with Crippen LogP contribution in [-0.2, 0) is 16.0 Å². The Balaban J connectivity index is 1.48. The average Bonchev–Trinajstić information content (AvgIpc) is 2.96. The van der Waals surface area contributed by atoms with Crippen LogP contribution in [0.5, 0.6) is 0 Å². The molecule has 3 rings (SSSR count). The van der Waals surface area contributed by atoms with Crippen LogP contribution in [0.15, 0.2) is 59.5 Å². The van der Waals surface area contributed by atoms with Crippen molar-refractivity contribution in [3.05, 3.63) is 75.7 Å². The van der Waals surface area contributed by atoms with Crippen LogP contribution in [0.4, 0.5) is 0 Å². The fourth-order valence-corrected chi connectivity index (χ4v) is 4.13. The lowest BCUT2D eigenvalue weighted by Gasteiger charge is -2.14. The number of rotatable bonds is 7. The molecule has 2 aromatic carbocycles. The highest BCUT2D eigenvalue weighted by atomic mass is 35.5. The van der Waals surface area contributed by atoms with Gasteiger partial charge >= 0.3 is 0 Å². The van der Waals surface area contributed by atoms with E-state index in [9.17, 15) is 9.59 Å². The van der Waals surface area contributed by atoms with Gasteiger partial charge in [0.15, 0.2) is 0 Å². The SMILES string of the molecule is O=C(CCN1C(=O)C(=Cc2ccc(Cl)cc2)SC1=S)NCCc1ccccc1. The first-order chi connectivity index (χ1) is 13.5. The van der Waals surface area contributed by atoms with Crippen LogP contribution in [0.3, 0.4) is 0 Å². The van der Waals surface area contributed by atoms with Gasteiger partial charge in [0, 0.05) is 24.5 Å². The van der Waals surface area contributed by atoms with Gasteiger partial charge in [-0.1, -0.05) is 78.0 Å². The highest BCUT2D eigenvalue weighted by Gasteiger charge is 2.31. The predicted molar refractivity (Wildman–Crippen MR) is 119 cm³/mol. The van der Waals surface area contributed by atoms with Crippen molar-refractivity contribution >= 4 is 57.8 Å². The number of hydrogen-bond acceptors (Lipinski definition) is 4. The number of nitrogens with zero attached hydrogens (tertiary/aromatic N) is 1. The van der Waals surface area contributed by atoms with Crippen LogP contribution in [0.25, 0.3) is 6.08 Å². The Hall–Kier alpha value is -2.15. The molecule has 7 heteroatoms. The summed E-state index contributed by atoms with van der Waals surface area (Å²) in [6.45, 7) is 0.845. The summed E-state index contributed by atoms with van der Waals surface area (Å²) in [4.78, 5) is 26.7. The number of benzene rings is 2. The highest BCUT2D eigenvalue weighted by Crippen LogP contribution is 2.32. The molecule has 28 heavy (non-hydrogen) atoms. The molecule has 1 aliphatic heterocycles. The summed E-state index contributed by atoms with van der Waals surface area (Å²) in [7, 11) is 0. The Morgan fingerprint density at radius 1 is 1.14 bits per heavy atom. The van der Waals surface area contributed by atoms with Crippen molar-refractivity contribution in [1.82, 2.24) is 10.2 Å². The monoisotopic (exact) mass is 430 g/mol. The molecule has 0 bridgehead atoms. The lowest BCUT2D eigenvalue weighted by Crippen LogP contribution is -2.34. The number of hydrogen-bond donors (Lipinski definition) is 1. The second-order valence-corrected chi connectivity index (χ2v) is 8.33. The van der Waals surface area contributed by atoms with E-state index in [-0.39, 0.29) is 24.8 Å². The predicted octanol–water partition coefficient (Wildman–Crippen LogP) is 4.29. The summed E-state index contributed by atoms with van der Waals surface area (Å²) in [5.74, 6) is -0.256. The van der Waals surface area contributed by atoms with Gasteiger partial charge in [0.05, 0.1) is 4.91 Å². The zero-order valence-corrected chi connectivity index (χ0v) is 17.4. The second kappa shape index (κ2) is 9.87. The highest BCUT2D eigenvalue weighted by molar-refractivity contribution is 8.26. The Morgan fingerprint density at radius 3 is 2.57 bits per heavy atom. The molecular formula is C21H19ClN2O2S2. The number of halogens is 1. The van der Waals surface area contributed by atoms with Crippen molar-refractivity contribution < 1.29 is 9.59 Å². The number of carbonyl (C=O) groups excluding carboxylic acids is 2. The van der Waals surface area contributed by atoms with Crippen LogP contribution >= 0.6 is 35.6 Å². The van der Waals surface area contributed by atoms with Gasteiger partial charge in [-0.25, -0.2) is 0 Å². The summed E-state index contributed by atoms with van der Waals surface area (Å²) in [5, 5.41) is 3.53. The zero-order valence-electron chi connectivity index (χ0n) is 15.1. The van der Waals surface area contributed by atoms with E-state index >= 15 is 0 Å². The molecule has 2 amide bonds. The maximum atomic E-state index is 12.6. The fraction of sp³-hybridized carbons (Fsp3) is 0.190. The van der Waals surface area contributed by atoms with E-state index in [4.69, 9.17) is 23.8 Å². The Kier molecular flexibility index (Phi) is 7.25. The van der Waals surface area contributed by atoms with E-state index in [0.717, 1.165) is 12.0 Å². The summed E-state index contributed by atoms with van der Waals surface area (Å²) >= 11 is 12.4. The molecule has 1 fully saturated rings. The summed E-state index contributed by atoms with van der Waals surface area (Å²) in [6.07, 6.45) is 2.78. The molecule has 0 aliphatic carbocycles. The first-order valence-electron chi connectivity index (χ1n) is 8.84. The third-order valence-electron chi connectivity index (χ3n) is 4.18. The maximum absolute atomic E-state index is 12.6. The first kappa shape index (κ1) is 20.6. The van der Waals surface area contributed by atoms with Gasteiger partial charge in [-0.3, -0.25) is 14.5 Å². The largest absolute Gasteiger partial charge is 0.356 e. The van der Waals surface area contributed by atoms with Gasteiger partial charge in [0.25, 0.3) is 5.91 Å². The standard InChI is InChI=1S/C21H19ClN2O2S2/c22-17-8-6-16(7-9-17)14-18-20(26)24(21(27)28-18)13-11-19(25)23-12-10-15-4-2-1-3-5-15/h1-9,14H,10-13H2,(H,23,25). The first-order valence-corrected chi connectivity index (χ1v) is 10.4. The Bertz CT molecular complexity index is 898. The zero-order chi connectivity index (χ0) is 19.9.